The highest BCUT2D eigenvalue weighted by molar-refractivity contribution is 5.81. The smallest absolute Gasteiger partial charge is 0.329 e. The number of rotatable bonds is 2. The molecular formula is C19H23N3O3. The number of hydrogen-bond acceptors (Lipinski definition) is 3. The third kappa shape index (κ3) is 3.01. The molecule has 2 heterocycles. The average molecular weight is 341 g/mol. The summed E-state index contributed by atoms with van der Waals surface area (Å²) in [4.78, 5) is 41.2. The predicted molar refractivity (Wildman–Crippen MR) is 95.5 cm³/mol. The van der Waals surface area contributed by atoms with Crippen LogP contribution in [0, 0.1) is 11.8 Å². The van der Waals surface area contributed by atoms with Crippen LogP contribution in [0.5, 0.6) is 0 Å². The van der Waals surface area contributed by atoms with Crippen molar-refractivity contribution < 1.29 is 4.79 Å². The van der Waals surface area contributed by atoms with Crippen LogP contribution in [0.3, 0.4) is 0 Å². The average Bonchev–Trinajstić information content (AvgIpc) is 2.64. The Morgan fingerprint density at radius 2 is 1.84 bits per heavy atom. The second-order valence-electron chi connectivity index (χ2n) is 7.30. The fourth-order valence-electron chi connectivity index (χ4n) is 4.46. The lowest BCUT2D eigenvalue weighted by Gasteiger charge is -2.41. The van der Waals surface area contributed by atoms with Crippen LogP contribution >= 0.6 is 0 Å². The first-order valence-corrected chi connectivity index (χ1v) is 9.13. The number of H-pyrrole nitrogens is 1. The van der Waals surface area contributed by atoms with Crippen LogP contribution in [-0.2, 0) is 11.3 Å². The molecule has 1 saturated carbocycles. The molecule has 2 fully saturated rings. The SMILES string of the molecule is O=C(Cn1c(=O)[nH]c(=O)c2ccccc21)N1CCC2CCCCC2C1. The predicted octanol–water partition coefficient (Wildman–Crippen LogP) is 1.73. The number of aromatic nitrogens is 2. The Labute approximate surface area is 145 Å². The van der Waals surface area contributed by atoms with Gasteiger partial charge in [-0.05, 0) is 36.8 Å². The van der Waals surface area contributed by atoms with Gasteiger partial charge in [0.1, 0.15) is 6.54 Å². The van der Waals surface area contributed by atoms with Crippen LogP contribution in [0.4, 0.5) is 0 Å². The first-order valence-electron chi connectivity index (χ1n) is 9.13. The standard InChI is InChI=1S/C19H23N3O3/c23-17(21-10-9-13-5-1-2-6-14(13)11-21)12-22-16-8-4-3-7-15(16)18(24)20-19(22)25/h3-4,7-8,13-14H,1-2,5-6,9-12H2,(H,20,24,25). The molecule has 1 aromatic carbocycles. The number of carbonyl (C=O) groups excluding carboxylic acids is 1. The van der Waals surface area contributed by atoms with Crippen molar-refractivity contribution in [3.8, 4) is 0 Å². The number of aromatic amines is 1. The summed E-state index contributed by atoms with van der Waals surface area (Å²) < 4.78 is 1.38. The molecule has 1 aliphatic heterocycles. The van der Waals surface area contributed by atoms with Crippen LogP contribution in [0.2, 0.25) is 0 Å². The van der Waals surface area contributed by atoms with Gasteiger partial charge in [-0.15, -0.1) is 0 Å². The normalized spacial score (nSPS) is 23.4. The zero-order valence-corrected chi connectivity index (χ0v) is 14.2. The van der Waals surface area contributed by atoms with Gasteiger partial charge in [-0.3, -0.25) is 19.1 Å². The summed E-state index contributed by atoms with van der Waals surface area (Å²) in [6.07, 6.45) is 6.13. The van der Waals surface area contributed by atoms with Crippen LogP contribution < -0.4 is 11.2 Å². The minimum Gasteiger partial charge on any atom is -0.341 e. The number of likely N-dealkylation sites (tertiary alicyclic amines) is 1. The van der Waals surface area contributed by atoms with Crippen molar-refractivity contribution >= 4 is 16.8 Å². The van der Waals surface area contributed by atoms with Crippen molar-refractivity contribution in [3.63, 3.8) is 0 Å². The van der Waals surface area contributed by atoms with E-state index in [2.05, 4.69) is 4.98 Å². The molecule has 4 rings (SSSR count). The van der Waals surface area contributed by atoms with Gasteiger partial charge in [-0.1, -0.05) is 31.4 Å². The van der Waals surface area contributed by atoms with E-state index >= 15 is 0 Å². The lowest BCUT2D eigenvalue weighted by molar-refractivity contribution is -0.134. The highest BCUT2D eigenvalue weighted by Crippen LogP contribution is 2.36. The van der Waals surface area contributed by atoms with E-state index in [-0.39, 0.29) is 12.5 Å². The van der Waals surface area contributed by atoms with Gasteiger partial charge in [-0.2, -0.15) is 0 Å². The summed E-state index contributed by atoms with van der Waals surface area (Å²) >= 11 is 0. The van der Waals surface area contributed by atoms with Crippen molar-refractivity contribution in [1.29, 1.82) is 0 Å². The van der Waals surface area contributed by atoms with E-state index < -0.39 is 11.2 Å². The summed E-state index contributed by atoms with van der Waals surface area (Å²) in [5.74, 6) is 1.33. The molecule has 2 atom stereocenters. The Bertz CT molecular complexity index is 914. The molecule has 0 spiro atoms. The molecule has 1 aliphatic carbocycles. The van der Waals surface area contributed by atoms with Gasteiger partial charge in [0, 0.05) is 13.1 Å². The third-order valence-corrected chi connectivity index (χ3v) is 5.84. The molecule has 2 unspecified atom stereocenters. The number of nitrogens with zero attached hydrogens (tertiary/aromatic N) is 2. The molecular weight excluding hydrogens is 318 g/mol. The largest absolute Gasteiger partial charge is 0.341 e. The number of para-hydroxylation sites is 1. The number of carbonyl (C=O) groups is 1. The highest BCUT2D eigenvalue weighted by atomic mass is 16.2. The molecule has 0 radical (unpaired) electrons. The molecule has 1 saturated heterocycles. The Morgan fingerprint density at radius 3 is 2.68 bits per heavy atom. The summed E-state index contributed by atoms with van der Waals surface area (Å²) in [6.45, 7) is 1.56. The van der Waals surface area contributed by atoms with E-state index in [4.69, 9.17) is 0 Å². The van der Waals surface area contributed by atoms with Gasteiger partial charge in [-0.25, -0.2) is 4.79 Å². The number of hydrogen-bond donors (Lipinski definition) is 1. The van der Waals surface area contributed by atoms with Gasteiger partial charge in [0.15, 0.2) is 0 Å². The van der Waals surface area contributed by atoms with Crippen LogP contribution in [0.15, 0.2) is 33.9 Å². The van der Waals surface area contributed by atoms with Gasteiger partial charge < -0.3 is 4.90 Å². The summed E-state index contributed by atoms with van der Waals surface area (Å²) in [7, 11) is 0. The number of fused-ring (bicyclic) bond motifs is 2. The van der Waals surface area contributed by atoms with Crippen LogP contribution in [0.25, 0.3) is 10.9 Å². The number of amides is 1. The fourth-order valence-corrected chi connectivity index (χ4v) is 4.46. The van der Waals surface area contributed by atoms with Crippen molar-refractivity contribution in [1.82, 2.24) is 14.5 Å². The maximum Gasteiger partial charge on any atom is 0.329 e. The zero-order valence-electron chi connectivity index (χ0n) is 14.2. The Hall–Kier alpha value is -2.37. The number of piperidine rings is 1. The quantitative estimate of drug-likeness (QED) is 0.904. The van der Waals surface area contributed by atoms with Gasteiger partial charge in [0.05, 0.1) is 10.9 Å². The second-order valence-corrected chi connectivity index (χ2v) is 7.30. The lowest BCUT2D eigenvalue weighted by Crippen LogP contribution is -2.47. The Kier molecular flexibility index (Phi) is 4.19. The van der Waals surface area contributed by atoms with E-state index in [1.807, 2.05) is 4.90 Å². The summed E-state index contributed by atoms with van der Waals surface area (Å²) in [5.41, 5.74) is -0.422. The Balaban J connectivity index is 1.58. The minimum atomic E-state index is -0.524. The summed E-state index contributed by atoms with van der Waals surface area (Å²) in [6, 6.07) is 6.91. The minimum absolute atomic E-state index is 0.0203. The molecule has 25 heavy (non-hydrogen) atoms. The molecule has 2 aromatic rings. The van der Waals surface area contributed by atoms with E-state index in [9.17, 15) is 14.4 Å². The van der Waals surface area contributed by atoms with E-state index in [0.717, 1.165) is 25.4 Å². The molecule has 1 N–H and O–H groups in total. The zero-order chi connectivity index (χ0) is 17.4. The maximum absolute atomic E-state index is 12.8. The van der Waals surface area contributed by atoms with Crippen molar-refractivity contribution in [3.05, 3.63) is 45.1 Å². The van der Waals surface area contributed by atoms with Crippen molar-refractivity contribution in [2.24, 2.45) is 11.8 Å². The highest BCUT2D eigenvalue weighted by Gasteiger charge is 2.33. The van der Waals surface area contributed by atoms with E-state index in [1.165, 1.54) is 30.3 Å². The molecule has 0 bridgehead atoms. The molecule has 1 aromatic heterocycles. The van der Waals surface area contributed by atoms with Crippen molar-refractivity contribution in [2.45, 2.75) is 38.6 Å². The maximum atomic E-state index is 12.8. The molecule has 132 valence electrons. The molecule has 1 amide bonds. The van der Waals surface area contributed by atoms with Gasteiger partial charge in [0.2, 0.25) is 5.91 Å². The van der Waals surface area contributed by atoms with Gasteiger partial charge >= 0.3 is 5.69 Å². The fraction of sp³-hybridized carbons (Fsp3) is 0.526. The van der Waals surface area contributed by atoms with E-state index in [0.29, 0.717) is 16.8 Å². The topological polar surface area (TPSA) is 75.2 Å². The summed E-state index contributed by atoms with van der Waals surface area (Å²) in [5, 5.41) is 0.431. The van der Waals surface area contributed by atoms with Crippen molar-refractivity contribution in [2.75, 3.05) is 13.1 Å². The first-order chi connectivity index (χ1) is 12.1. The number of benzene rings is 1. The van der Waals surface area contributed by atoms with Crippen LogP contribution in [0.1, 0.15) is 32.1 Å². The second kappa shape index (κ2) is 6.50. The number of nitrogens with one attached hydrogen (secondary N) is 1. The van der Waals surface area contributed by atoms with Gasteiger partial charge in [0.25, 0.3) is 5.56 Å². The molecule has 6 nitrogen and oxygen atoms in total. The monoisotopic (exact) mass is 341 g/mol. The lowest BCUT2D eigenvalue weighted by atomic mass is 9.75. The Morgan fingerprint density at radius 1 is 1.08 bits per heavy atom. The first kappa shape index (κ1) is 16.1. The molecule has 2 aliphatic rings. The van der Waals surface area contributed by atoms with Crippen LogP contribution in [-0.4, -0.2) is 33.4 Å². The third-order valence-electron chi connectivity index (χ3n) is 5.84. The molecule has 6 heteroatoms. The van der Waals surface area contributed by atoms with E-state index in [1.54, 1.807) is 24.3 Å².